The summed E-state index contributed by atoms with van der Waals surface area (Å²) in [7, 11) is 0. The molecule has 2 aromatic heterocycles. The molecule has 0 aliphatic heterocycles. The van der Waals surface area contributed by atoms with Gasteiger partial charge in [0.2, 0.25) is 0 Å². The molecule has 2 aromatic rings. The molecule has 0 saturated heterocycles. The summed E-state index contributed by atoms with van der Waals surface area (Å²) >= 11 is 5.74. The number of hydrogen-bond donors (Lipinski definition) is 1. The third kappa shape index (κ3) is 0.917. The first-order valence-electron chi connectivity index (χ1n) is 3.21. The van der Waals surface area contributed by atoms with Crippen LogP contribution in [0.4, 0.5) is 0 Å². The van der Waals surface area contributed by atoms with E-state index in [9.17, 15) is 0 Å². The van der Waals surface area contributed by atoms with Crippen LogP contribution in [0.25, 0.3) is 11.0 Å². The van der Waals surface area contributed by atoms with Gasteiger partial charge in [-0.2, -0.15) is 5.26 Å². The minimum absolute atomic E-state index is 0.255. The predicted molar refractivity (Wildman–Crippen MR) is 43.6 cm³/mol. The molecule has 58 valence electrons. The first-order chi connectivity index (χ1) is 5.81. The molecule has 12 heavy (non-hydrogen) atoms. The molecule has 4 nitrogen and oxygen atoms in total. The van der Waals surface area contributed by atoms with Gasteiger partial charge in [-0.3, -0.25) is 0 Å². The maximum absolute atomic E-state index is 8.55. The molecule has 0 aliphatic rings. The van der Waals surface area contributed by atoms with Crippen molar-refractivity contribution in [2.24, 2.45) is 0 Å². The zero-order valence-corrected chi connectivity index (χ0v) is 6.63. The Labute approximate surface area is 72.8 Å². The van der Waals surface area contributed by atoms with E-state index < -0.39 is 0 Å². The van der Waals surface area contributed by atoms with E-state index in [0.717, 1.165) is 5.52 Å². The van der Waals surface area contributed by atoms with Gasteiger partial charge in [-0.1, -0.05) is 11.6 Å². The lowest BCUT2D eigenvalue weighted by molar-refractivity contribution is 1.28. The second kappa shape index (κ2) is 2.47. The van der Waals surface area contributed by atoms with Crippen molar-refractivity contribution in [2.45, 2.75) is 0 Å². The summed E-state index contributed by atoms with van der Waals surface area (Å²) in [6, 6.07) is 3.51. The summed E-state index contributed by atoms with van der Waals surface area (Å²) in [6.07, 6.45) is 1.51. The highest BCUT2D eigenvalue weighted by atomic mass is 35.5. The van der Waals surface area contributed by atoms with E-state index in [1.54, 1.807) is 6.07 Å². The topological polar surface area (TPSA) is 65.4 Å². The summed E-state index contributed by atoms with van der Waals surface area (Å²) in [5.41, 5.74) is 1.61. The zero-order chi connectivity index (χ0) is 8.55. The fourth-order valence-corrected chi connectivity index (χ4v) is 1.21. The Morgan fingerprint density at radius 1 is 1.58 bits per heavy atom. The number of nitrogens with zero attached hydrogens (tertiary/aromatic N) is 3. The monoisotopic (exact) mass is 178 g/mol. The van der Waals surface area contributed by atoms with E-state index in [1.807, 2.05) is 6.07 Å². The van der Waals surface area contributed by atoms with Gasteiger partial charge in [0, 0.05) is 6.07 Å². The number of nitrogens with one attached hydrogen (secondary N) is 1. The maximum Gasteiger partial charge on any atom is 0.158 e. The molecule has 5 heteroatoms. The maximum atomic E-state index is 8.55. The number of rotatable bonds is 0. The van der Waals surface area contributed by atoms with Gasteiger partial charge in [0.25, 0.3) is 0 Å². The van der Waals surface area contributed by atoms with Crippen molar-refractivity contribution in [2.75, 3.05) is 0 Å². The van der Waals surface area contributed by atoms with Gasteiger partial charge in [-0.05, 0) is 0 Å². The quantitative estimate of drug-likeness (QED) is 0.622. The highest BCUT2D eigenvalue weighted by molar-refractivity contribution is 6.33. The number of fused-ring (bicyclic) bond motifs is 1. The summed E-state index contributed by atoms with van der Waals surface area (Å²) in [5.74, 6) is 0. The lowest BCUT2D eigenvalue weighted by atomic mass is 10.3. The molecule has 0 unspecified atom stereocenters. The molecule has 0 saturated carbocycles. The molecule has 2 heterocycles. The van der Waals surface area contributed by atoms with Crippen LogP contribution >= 0.6 is 11.6 Å². The number of aromatic amines is 1. The average Bonchev–Trinajstić information content (AvgIpc) is 2.52. The number of H-pyrrole nitrogens is 1. The van der Waals surface area contributed by atoms with Gasteiger partial charge >= 0.3 is 0 Å². The van der Waals surface area contributed by atoms with Crippen LogP contribution in [-0.4, -0.2) is 15.0 Å². The third-order valence-electron chi connectivity index (χ3n) is 1.48. The predicted octanol–water partition coefficient (Wildman–Crippen LogP) is 1.48. The van der Waals surface area contributed by atoms with Crippen molar-refractivity contribution >= 4 is 22.6 Å². The highest BCUT2D eigenvalue weighted by Gasteiger charge is 2.04. The molecule has 0 bridgehead atoms. The molecule has 0 atom stereocenters. The van der Waals surface area contributed by atoms with Gasteiger partial charge < -0.3 is 4.98 Å². The van der Waals surface area contributed by atoms with E-state index in [2.05, 4.69) is 15.0 Å². The van der Waals surface area contributed by atoms with E-state index in [4.69, 9.17) is 16.9 Å². The SMILES string of the molecule is N#Cc1cc2[nH]cnc2c(Cl)n1. The third-order valence-corrected chi connectivity index (χ3v) is 1.74. The Morgan fingerprint density at radius 3 is 3.17 bits per heavy atom. The highest BCUT2D eigenvalue weighted by Crippen LogP contribution is 2.18. The van der Waals surface area contributed by atoms with Crippen molar-refractivity contribution < 1.29 is 0 Å². The summed E-state index contributed by atoms with van der Waals surface area (Å²) < 4.78 is 0. The van der Waals surface area contributed by atoms with Crippen molar-refractivity contribution in [3.63, 3.8) is 0 Å². The average molecular weight is 179 g/mol. The van der Waals surface area contributed by atoms with E-state index >= 15 is 0 Å². The number of nitriles is 1. The Bertz CT molecular complexity index is 468. The van der Waals surface area contributed by atoms with Crippen LogP contribution in [0, 0.1) is 11.3 Å². The summed E-state index contributed by atoms with van der Waals surface area (Å²) in [4.78, 5) is 10.6. The number of halogens is 1. The van der Waals surface area contributed by atoms with Gasteiger partial charge in [0.15, 0.2) is 5.15 Å². The first kappa shape index (κ1) is 7.07. The standard InChI is InChI=1S/C7H3ClN4/c8-7-6-5(10-3-11-6)1-4(2-9)12-7/h1,3H,(H,10,11). The minimum Gasteiger partial charge on any atom is -0.344 e. The van der Waals surface area contributed by atoms with E-state index in [0.29, 0.717) is 5.52 Å². The molecule has 0 aliphatic carbocycles. The number of pyridine rings is 1. The molecule has 0 aromatic carbocycles. The van der Waals surface area contributed by atoms with E-state index in [1.165, 1.54) is 6.33 Å². The van der Waals surface area contributed by atoms with Crippen molar-refractivity contribution in [1.82, 2.24) is 15.0 Å². The van der Waals surface area contributed by atoms with Crippen LogP contribution in [-0.2, 0) is 0 Å². The first-order valence-corrected chi connectivity index (χ1v) is 3.59. The zero-order valence-electron chi connectivity index (χ0n) is 5.87. The largest absolute Gasteiger partial charge is 0.344 e. The molecule has 0 radical (unpaired) electrons. The number of imidazole rings is 1. The number of aromatic nitrogens is 3. The fourth-order valence-electron chi connectivity index (χ4n) is 0.964. The Hall–Kier alpha value is -1.60. The second-order valence-electron chi connectivity index (χ2n) is 2.21. The second-order valence-corrected chi connectivity index (χ2v) is 2.57. The number of hydrogen-bond acceptors (Lipinski definition) is 3. The molecule has 1 N–H and O–H groups in total. The van der Waals surface area contributed by atoms with Crippen LogP contribution < -0.4 is 0 Å². The molecular formula is C7H3ClN4. The smallest absolute Gasteiger partial charge is 0.158 e. The Morgan fingerprint density at radius 2 is 2.42 bits per heavy atom. The molecule has 2 rings (SSSR count). The Balaban J connectivity index is 2.86. The van der Waals surface area contributed by atoms with Crippen molar-refractivity contribution in [3.8, 4) is 6.07 Å². The molecule has 0 fully saturated rings. The van der Waals surface area contributed by atoms with Gasteiger partial charge in [-0.15, -0.1) is 0 Å². The molecule has 0 spiro atoms. The molecule has 0 amide bonds. The Kier molecular flexibility index (Phi) is 1.45. The van der Waals surface area contributed by atoms with E-state index in [-0.39, 0.29) is 10.8 Å². The van der Waals surface area contributed by atoms with Crippen molar-refractivity contribution in [3.05, 3.63) is 23.2 Å². The van der Waals surface area contributed by atoms with Crippen LogP contribution in [0.2, 0.25) is 5.15 Å². The van der Waals surface area contributed by atoms with Gasteiger partial charge in [0.05, 0.1) is 11.8 Å². The molecular weight excluding hydrogens is 176 g/mol. The minimum atomic E-state index is 0.255. The van der Waals surface area contributed by atoms with Crippen molar-refractivity contribution in [1.29, 1.82) is 5.26 Å². The van der Waals surface area contributed by atoms with Crippen LogP contribution in [0.15, 0.2) is 12.4 Å². The van der Waals surface area contributed by atoms with Gasteiger partial charge in [-0.25, -0.2) is 9.97 Å². The normalized spacial score (nSPS) is 10.0. The van der Waals surface area contributed by atoms with Crippen LogP contribution in [0.1, 0.15) is 5.69 Å². The van der Waals surface area contributed by atoms with Crippen LogP contribution in [0.3, 0.4) is 0 Å². The lowest BCUT2D eigenvalue weighted by Gasteiger charge is -1.91. The fraction of sp³-hybridized carbons (Fsp3) is 0. The summed E-state index contributed by atoms with van der Waals surface area (Å²) in [6.45, 7) is 0. The van der Waals surface area contributed by atoms with Gasteiger partial charge in [0.1, 0.15) is 17.3 Å². The lowest BCUT2D eigenvalue weighted by Crippen LogP contribution is -1.84. The summed E-state index contributed by atoms with van der Waals surface area (Å²) in [5, 5.41) is 8.81. The van der Waals surface area contributed by atoms with Crippen LogP contribution in [0.5, 0.6) is 0 Å².